The van der Waals surface area contributed by atoms with Gasteiger partial charge in [0, 0.05) is 21.3 Å². The summed E-state index contributed by atoms with van der Waals surface area (Å²) < 4.78 is 22.0. The minimum Gasteiger partial charge on any atom is -0.382 e. The molecule has 0 aliphatic carbocycles. The summed E-state index contributed by atoms with van der Waals surface area (Å²) in [5.74, 6) is -0.160. The third kappa shape index (κ3) is 3.44. The van der Waals surface area contributed by atoms with Gasteiger partial charge in [0.1, 0.15) is 32.3 Å². The van der Waals surface area contributed by atoms with Crippen LogP contribution in [0.2, 0.25) is 0 Å². The van der Waals surface area contributed by atoms with Crippen molar-refractivity contribution in [2.75, 3.05) is 27.9 Å². The summed E-state index contributed by atoms with van der Waals surface area (Å²) in [6.45, 7) is 2.15. The Balaban J connectivity index is 2.65. The minimum absolute atomic E-state index is 0.137. The predicted molar refractivity (Wildman–Crippen MR) is 68.3 cm³/mol. The fourth-order valence-corrected chi connectivity index (χ4v) is 2.18. The summed E-state index contributed by atoms with van der Waals surface area (Å²) in [7, 11) is 6.71. The number of methoxy groups -OCH3 is 2. The molecular formula is C11H22BNO5. The molecule has 1 heterocycles. The molecule has 0 radical (unpaired) electrons. The number of rotatable bonds is 6. The highest BCUT2D eigenvalue weighted by Crippen LogP contribution is 2.25. The second-order valence-electron chi connectivity index (χ2n) is 4.39. The van der Waals surface area contributed by atoms with Gasteiger partial charge in [-0.05, 0) is 6.92 Å². The van der Waals surface area contributed by atoms with Crippen LogP contribution in [0.3, 0.4) is 0 Å². The Hall–Kier alpha value is -0.625. The zero-order valence-corrected chi connectivity index (χ0v) is 11.6. The number of carbonyl (C=O) groups is 1. The van der Waals surface area contributed by atoms with E-state index in [1.54, 1.807) is 28.2 Å². The van der Waals surface area contributed by atoms with Crippen molar-refractivity contribution in [1.29, 1.82) is 0 Å². The lowest BCUT2D eigenvalue weighted by molar-refractivity contribution is -0.139. The first-order valence-electron chi connectivity index (χ1n) is 6.09. The van der Waals surface area contributed by atoms with Crippen molar-refractivity contribution >= 4 is 13.8 Å². The number of hydrogen-bond acceptors (Lipinski definition) is 5. The van der Waals surface area contributed by atoms with E-state index in [0.29, 0.717) is 6.61 Å². The molecule has 1 unspecified atom stereocenters. The van der Waals surface area contributed by atoms with Crippen LogP contribution in [0.4, 0.5) is 0 Å². The van der Waals surface area contributed by atoms with E-state index in [-0.39, 0.29) is 30.2 Å². The van der Waals surface area contributed by atoms with Crippen molar-refractivity contribution in [2.24, 2.45) is 0 Å². The van der Waals surface area contributed by atoms with Gasteiger partial charge in [-0.1, -0.05) is 0 Å². The summed E-state index contributed by atoms with van der Waals surface area (Å²) in [5, 5.41) is 2.55. The van der Waals surface area contributed by atoms with E-state index in [1.807, 2.05) is 7.85 Å². The molecule has 0 bridgehead atoms. The number of amides is 1. The normalized spacial score (nSPS) is 33.3. The van der Waals surface area contributed by atoms with Crippen molar-refractivity contribution in [3.8, 4) is 0 Å². The molecule has 1 rings (SSSR count). The SMILES string of the molecule is B[C@@H]1O[C@H](COC)C(OC)[C@@H]1O[C@@H](C)C(=O)NC. The van der Waals surface area contributed by atoms with Crippen LogP contribution in [-0.2, 0) is 23.7 Å². The smallest absolute Gasteiger partial charge is 0.248 e. The Bertz CT molecular complexity index is 278. The van der Waals surface area contributed by atoms with Crippen LogP contribution in [-0.4, -0.2) is 72.0 Å². The Labute approximate surface area is 109 Å². The van der Waals surface area contributed by atoms with E-state index in [4.69, 9.17) is 18.9 Å². The monoisotopic (exact) mass is 259 g/mol. The van der Waals surface area contributed by atoms with Gasteiger partial charge in [0.15, 0.2) is 0 Å². The van der Waals surface area contributed by atoms with E-state index < -0.39 is 6.10 Å². The molecule has 1 aliphatic heterocycles. The largest absolute Gasteiger partial charge is 0.382 e. The summed E-state index contributed by atoms with van der Waals surface area (Å²) in [4.78, 5) is 11.5. The van der Waals surface area contributed by atoms with E-state index in [9.17, 15) is 4.79 Å². The third-order valence-corrected chi connectivity index (χ3v) is 3.12. The lowest BCUT2D eigenvalue weighted by Crippen LogP contribution is -2.43. The molecule has 1 saturated heterocycles. The molecule has 1 amide bonds. The zero-order chi connectivity index (χ0) is 13.7. The van der Waals surface area contributed by atoms with Gasteiger partial charge in [0.2, 0.25) is 5.91 Å². The highest BCUT2D eigenvalue weighted by molar-refractivity contribution is 6.11. The highest BCUT2D eigenvalue weighted by Gasteiger charge is 2.44. The first-order valence-corrected chi connectivity index (χ1v) is 6.09. The predicted octanol–water partition coefficient (Wildman–Crippen LogP) is -1.47. The topological polar surface area (TPSA) is 66.0 Å². The van der Waals surface area contributed by atoms with Crippen molar-refractivity contribution < 1.29 is 23.7 Å². The second kappa shape index (κ2) is 7.08. The fraction of sp³-hybridized carbons (Fsp3) is 0.909. The van der Waals surface area contributed by atoms with Gasteiger partial charge in [-0.25, -0.2) is 0 Å². The van der Waals surface area contributed by atoms with Crippen molar-refractivity contribution in [2.45, 2.75) is 37.3 Å². The van der Waals surface area contributed by atoms with Crippen molar-refractivity contribution in [1.82, 2.24) is 5.32 Å². The molecule has 1 fully saturated rings. The number of ether oxygens (including phenoxy) is 4. The molecule has 6 nitrogen and oxygen atoms in total. The molecule has 18 heavy (non-hydrogen) atoms. The summed E-state index contributed by atoms with van der Waals surface area (Å²) in [6.07, 6.45) is -1.21. The van der Waals surface area contributed by atoms with E-state index in [0.717, 1.165) is 0 Å². The van der Waals surface area contributed by atoms with Gasteiger partial charge in [-0.15, -0.1) is 0 Å². The van der Waals surface area contributed by atoms with Gasteiger partial charge in [0.05, 0.1) is 12.6 Å². The van der Waals surface area contributed by atoms with Gasteiger partial charge in [-0.3, -0.25) is 4.79 Å². The fourth-order valence-electron chi connectivity index (χ4n) is 2.18. The average molecular weight is 259 g/mol. The molecule has 5 atom stereocenters. The molecule has 1 aliphatic rings. The summed E-state index contributed by atoms with van der Waals surface area (Å²) in [6, 6.07) is -0.137. The maximum Gasteiger partial charge on any atom is 0.248 e. The highest BCUT2D eigenvalue weighted by atomic mass is 16.6. The van der Waals surface area contributed by atoms with Crippen molar-refractivity contribution in [3.63, 3.8) is 0 Å². The average Bonchev–Trinajstić information content (AvgIpc) is 2.64. The van der Waals surface area contributed by atoms with Crippen LogP contribution >= 0.6 is 0 Å². The molecule has 0 aromatic heterocycles. The molecular weight excluding hydrogens is 237 g/mol. The minimum atomic E-state index is -0.537. The molecule has 7 heteroatoms. The first kappa shape index (κ1) is 15.4. The summed E-state index contributed by atoms with van der Waals surface area (Å²) >= 11 is 0. The van der Waals surface area contributed by atoms with E-state index >= 15 is 0 Å². The van der Waals surface area contributed by atoms with Crippen LogP contribution in [0.25, 0.3) is 0 Å². The van der Waals surface area contributed by atoms with Gasteiger partial charge >= 0.3 is 0 Å². The van der Waals surface area contributed by atoms with Gasteiger partial charge in [-0.2, -0.15) is 0 Å². The van der Waals surface area contributed by atoms with Crippen LogP contribution in [0.15, 0.2) is 0 Å². The molecule has 0 saturated carbocycles. The van der Waals surface area contributed by atoms with Crippen LogP contribution < -0.4 is 5.32 Å². The Kier molecular flexibility index (Phi) is 6.07. The van der Waals surface area contributed by atoms with Crippen LogP contribution in [0.5, 0.6) is 0 Å². The molecule has 1 N–H and O–H groups in total. The summed E-state index contributed by atoms with van der Waals surface area (Å²) in [5.41, 5.74) is 0. The maximum absolute atomic E-state index is 11.5. The Morgan fingerprint density at radius 2 is 2.11 bits per heavy atom. The van der Waals surface area contributed by atoms with Gasteiger partial charge in [0.25, 0.3) is 0 Å². The third-order valence-electron chi connectivity index (χ3n) is 3.12. The standard InChI is InChI=1S/C11H22BNO5/c1-6(11(14)13-2)17-9-8(16-4)7(5-15-3)18-10(9)12/h6-10H,5,12H2,1-4H3,(H,13,14)/t6-,7+,8?,9-,10+/m0/s1. The first-order chi connectivity index (χ1) is 8.54. The lowest BCUT2D eigenvalue weighted by atomic mass is 9.92. The van der Waals surface area contributed by atoms with Gasteiger partial charge < -0.3 is 24.3 Å². The Morgan fingerprint density at radius 3 is 2.61 bits per heavy atom. The van der Waals surface area contributed by atoms with E-state index in [2.05, 4.69) is 5.32 Å². The maximum atomic E-state index is 11.5. The van der Waals surface area contributed by atoms with Crippen molar-refractivity contribution in [3.05, 3.63) is 0 Å². The molecule has 0 spiro atoms. The van der Waals surface area contributed by atoms with Crippen LogP contribution in [0, 0.1) is 0 Å². The zero-order valence-electron chi connectivity index (χ0n) is 11.6. The van der Waals surface area contributed by atoms with Crippen LogP contribution in [0.1, 0.15) is 6.92 Å². The Morgan fingerprint density at radius 1 is 1.44 bits per heavy atom. The molecule has 0 aromatic carbocycles. The van der Waals surface area contributed by atoms with E-state index in [1.165, 1.54) is 0 Å². The number of hydrogen-bond donors (Lipinski definition) is 1. The lowest BCUT2D eigenvalue weighted by Gasteiger charge is -2.25. The molecule has 0 aromatic rings. The quantitative estimate of drug-likeness (QED) is 0.590. The number of nitrogens with one attached hydrogen (secondary N) is 1. The number of likely N-dealkylation sites (N-methyl/N-ethyl adjacent to an activating group) is 1. The molecule has 104 valence electrons. The second-order valence-corrected chi connectivity index (χ2v) is 4.39. The number of carbonyl (C=O) groups excluding carboxylic acids is 1.